The Balaban J connectivity index is 2.94. The van der Waals surface area contributed by atoms with Gasteiger partial charge in [-0.3, -0.25) is 14.4 Å². The molecule has 102 valence electrons. The van der Waals surface area contributed by atoms with Crippen molar-refractivity contribution in [3.63, 3.8) is 0 Å². The van der Waals surface area contributed by atoms with Gasteiger partial charge in [0, 0.05) is 0 Å². The number of benzene rings is 1. The molecule has 6 heteroatoms. The van der Waals surface area contributed by atoms with Crippen LogP contribution < -0.4 is 5.73 Å². The lowest BCUT2D eigenvalue weighted by atomic mass is 9.79. The summed E-state index contributed by atoms with van der Waals surface area (Å²) < 4.78 is 0. The van der Waals surface area contributed by atoms with Gasteiger partial charge in [-0.25, -0.2) is 0 Å². The topological polar surface area (TPSA) is 118 Å². The van der Waals surface area contributed by atoms with Crippen LogP contribution in [0.5, 0.6) is 0 Å². The lowest BCUT2D eigenvalue weighted by Crippen LogP contribution is -2.43. The maximum absolute atomic E-state index is 11.2. The Labute approximate surface area is 109 Å². The van der Waals surface area contributed by atoms with Crippen LogP contribution in [0.1, 0.15) is 18.4 Å². The summed E-state index contributed by atoms with van der Waals surface area (Å²) in [6, 6.07) is 8.87. The van der Waals surface area contributed by atoms with Crippen LogP contribution in [0.2, 0.25) is 0 Å². The number of primary amides is 1. The number of carboxylic acids is 2. The summed E-state index contributed by atoms with van der Waals surface area (Å²) in [4.78, 5) is 33.4. The highest BCUT2D eigenvalue weighted by Gasteiger charge is 2.47. The minimum absolute atomic E-state index is 0.190. The average molecular weight is 265 g/mol. The van der Waals surface area contributed by atoms with Crippen molar-refractivity contribution in [3.8, 4) is 0 Å². The average Bonchev–Trinajstić information content (AvgIpc) is 2.34. The van der Waals surface area contributed by atoms with E-state index >= 15 is 0 Å². The zero-order chi connectivity index (χ0) is 14.5. The normalized spacial score (nSPS) is 10.9. The van der Waals surface area contributed by atoms with Gasteiger partial charge in [-0.1, -0.05) is 30.3 Å². The molecule has 0 aromatic heterocycles. The van der Waals surface area contributed by atoms with Gasteiger partial charge < -0.3 is 15.9 Å². The molecule has 0 aliphatic carbocycles. The van der Waals surface area contributed by atoms with Crippen molar-refractivity contribution in [2.75, 3.05) is 0 Å². The van der Waals surface area contributed by atoms with E-state index in [-0.39, 0.29) is 12.8 Å². The van der Waals surface area contributed by atoms with Gasteiger partial charge in [0.25, 0.3) is 0 Å². The number of carbonyl (C=O) groups is 3. The van der Waals surface area contributed by atoms with Crippen LogP contribution in [0.15, 0.2) is 30.3 Å². The molecule has 1 amide bonds. The smallest absolute Gasteiger partial charge is 0.321 e. The molecule has 19 heavy (non-hydrogen) atoms. The number of nitrogens with two attached hydrogens (primary N) is 1. The molecule has 0 atom stereocenters. The van der Waals surface area contributed by atoms with E-state index in [0.29, 0.717) is 0 Å². The Morgan fingerprint density at radius 1 is 1.05 bits per heavy atom. The Morgan fingerprint density at radius 3 is 2.00 bits per heavy atom. The Hall–Kier alpha value is -2.37. The number of carbonyl (C=O) groups excluding carboxylic acids is 1. The third kappa shape index (κ3) is 3.54. The second-order valence-electron chi connectivity index (χ2n) is 4.32. The van der Waals surface area contributed by atoms with Crippen LogP contribution in [-0.2, 0) is 20.8 Å². The van der Waals surface area contributed by atoms with Gasteiger partial charge in [0.05, 0.1) is 6.42 Å². The lowest BCUT2D eigenvalue weighted by Gasteiger charge is -2.23. The summed E-state index contributed by atoms with van der Waals surface area (Å²) >= 11 is 0. The maximum atomic E-state index is 11.2. The largest absolute Gasteiger partial charge is 0.480 e. The number of aryl methyl sites for hydroxylation is 1. The van der Waals surface area contributed by atoms with Crippen LogP contribution in [0.4, 0.5) is 0 Å². The Bertz CT molecular complexity index is 469. The van der Waals surface area contributed by atoms with Crippen LogP contribution in [0.25, 0.3) is 0 Å². The van der Waals surface area contributed by atoms with E-state index in [1.807, 2.05) is 0 Å². The first kappa shape index (κ1) is 14.7. The van der Waals surface area contributed by atoms with E-state index in [4.69, 9.17) is 15.9 Å². The van der Waals surface area contributed by atoms with Gasteiger partial charge in [-0.05, 0) is 18.4 Å². The van der Waals surface area contributed by atoms with Crippen LogP contribution >= 0.6 is 0 Å². The Morgan fingerprint density at radius 2 is 1.58 bits per heavy atom. The molecule has 0 aliphatic heterocycles. The van der Waals surface area contributed by atoms with Crippen LogP contribution in [0.3, 0.4) is 0 Å². The summed E-state index contributed by atoms with van der Waals surface area (Å²) in [6.07, 6.45) is -0.665. The van der Waals surface area contributed by atoms with Gasteiger partial charge in [-0.2, -0.15) is 0 Å². The summed E-state index contributed by atoms with van der Waals surface area (Å²) in [5, 5.41) is 18.3. The molecule has 0 heterocycles. The van der Waals surface area contributed by atoms with Crippen molar-refractivity contribution in [2.45, 2.75) is 19.3 Å². The standard InChI is InChI=1S/C13H15NO5/c14-10(15)8-13(11(16)17,12(18)19)7-6-9-4-2-1-3-5-9/h1-5H,6-8H2,(H2,14,15)(H,16,17)(H,18,19). The van der Waals surface area contributed by atoms with E-state index in [1.165, 1.54) is 0 Å². The van der Waals surface area contributed by atoms with Crippen molar-refractivity contribution >= 4 is 17.8 Å². The van der Waals surface area contributed by atoms with Crippen molar-refractivity contribution in [2.24, 2.45) is 11.1 Å². The van der Waals surface area contributed by atoms with Crippen molar-refractivity contribution < 1.29 is 24.6 Å². The molecule has 0 aliphatic rings. The number of carboxylic acid groups (broad SMARTS) is 2. The molecule has 1 rings (SSSR count). The molecule has 0 saturated carbocycles. The minimum atomic E-state index is -2.17. The van der Waals surface area contributed by atoms with Crippen LogP contribution in [0, 0.1) is 5.41 Å². The molecular formula is C13H15NO5. The summed E-state index contributed by atoms with van der Waals surface area (Å²) in [5.41, 5.74) is 3.60. The highest BCUT2D eigenvalue weighted by Crippen LogP contribution is 2.29. The molecule has 0 spiro atoms. The molecule has 6 nitrogen and oxygen atoms in total. The number of rotatable bonds is 7. The zero-order valence-corrected chi connectivity index (χ0v) is 10.2. The van der Waals surface area contributed by atoms with Gasteiger partial charge in [0.2, 0.25) is 5.91 Å². The van der Waals surface area contributed by atoms with Crippen molar-refractivity contribution in [1.82, 2.24) is 0 Å². The molecule has 1 aromatic rings. The van der Waals surface area contributed by atoms with E-state index in [9.17, 15) is 14.4 Å². The summed E-state index contributed by atoms with van der Waals surface area (Å²) in [6.45, 7) is 0. The number of amides is 1. The molecule has 0 unspecified atom stereocenters. The van der Waals surface area contributed by atoms with Gasteiger partial charge >= 0.3 is 11.9 Å². The summed E-state index contributed by atoms with van der Waals surface area (Å²) in [5.74, 6) is -4.04. The van der Waals surface area contributed by atoms with Crippen molar-refractivity contribution in [1.29, 1.82) is 0 Å². The van der Waals surface area contributed by atoms with E-state index in [2.05, 4.69) is 0 Å². The van der Waals surface area contributed by atoms with Gasteiger partial charge in [0.15, 0.2) is 5.41 Å². The molecule has 0 saturated heterocycles. The SMILES string of the molecule is NC(=O)CC(CCc1ccccc1)(C(=O)O)C(=O)O. The Kier molecular flexibility index (Phi) is 4.63. The van der Waals surface area contributed by atoms with Crippen molar-refractivity contribution in [3.05, 3.63) is 35.9 Å². The monoisotopic (exact) mass is 265 g/mol. The molecule has 1 aromatic carbocycles. The third-order valence-corrected chi connectivity index (χ3v) is 2.98. The van der Waals surface area contributed by atoms with E-state index < -0.39 is 29.7 Å². The minimum Gasteiger partial charge on any atom is -0.480 e. The second kappa shape index (κ2) is 5.99. The quantitative estimate of drug-likeness (QED) is 0.625. The predicted octanol–water partition coefficient (Wildman–Crippen LogP) is 0.650. The number of hydrogen-bond acceptors (Lipinski definition) is 3. The van der Waals surface area contributed by atoms with Gasteiger partial charge in [-0.15, -0.1) is 0 Å². The maximum Gasteiger partial charge on any atom is 0.321 e. The van der Waals surface area contributed by atoms with Gasteiger partial charge in [0.1, 0.15) is 0 Å². The first-order valence-corrected chi connectivity index (χ1v) is 5.67. The summed E-state index contributed by atoms with van der Waals surface area (Å²) in [7, 11) is 0. The second-order valence-corrected chi connectivity index (χ2v) is 4.32. The molecule has 0 bridgehead atoms. The van der Waals surface area contributed by atoms with E-state index in [0.717, 1.165) is 5.56 Å². The predicted molar refractivity (Wildman–Crippen MR) is 66.3 cm³/mol. The first-order valence-electron chi connectivity index (χ1n) is 5.67. The number of hydrogen-bond donors (Lipinski definition) is 3. The fourth-order valence-corrected chi connectivity index (χ4v) is 1.84. The zero-order valence-electron chi connectivity index (χ0n) is 10.2. The molecule has 0 fully saturated rings. The number of aliphatic carboxylic acids is 2. The molecule has 4 N–H and O–H groups in total. The fourth-order valence-electron chi connectivity index (χ4n) is 1.84. The third-order valence-electron chi connectivity index (χ3n) is 2.98. The first-order chi connectivity index (χ1) is 8.88. The molecule has 0 radical (unpaired) electrons. The molecular weight excluding hydrogens is 250 g/mol. The van der Waals surface area contributed by atoms with E-state index in [1.54, 1.807) is 30.3 Å². The lowest BCUT2D eigenvalue weighted by molar-refractivity contribution is -0.167. The fraction of sp³-hybridized carbons (Fsp3) is 0.308. The highest BCUT2D eigenvalue weighted by atomic mass is 16.4. The van der Waals surface area contributed by atoms with Crippen LogP contribution in [-0.4, -0.2) is 28.1 Å². The highest BCUT2D eigenvalue weighted by molar-refractivity contribution is 6.01.